The molecule has 1 aliphatic rings. The van der Waals surface area contributed by atoms with Gasteiger partial charge in [0.1, 0.15) is 5.02 Å². The molecule has 0 aromatic carbocycles. The van der Waals surface area contributed by atoms with E-state index in [2.05, 4.69) is 20.6 Å². The Bertz CT molecular complexity index is 390. The highest BCUT2D eigenvalue weighted by molar-refractivity contribution is 6.32. The number of aliphatic hydroxyl groups is 1. The molecule has 1 heterocycles. The van der Waals surface area contributed by atoms with E-state index in [9.17, 15) is 5.11 Å². The van der Waals surface area contributed by atoms with Crippen LogP contribution in [0.3, 0.4) is 0 Å². The molecular formula is C11H17ClN4O. The van der Waals surface area contributed by atoms with E-state index in [0.29, 0.717) is 16.8 Å². The van der Waals surface area contributed by atoms with Gasteiger partial charge in [0.05, 0.1) is 18.3 Å². The average Bonchev–Trinajstić information content (AvgIpc) is 2.28. The summed E-state index contributed by atoms with van der Waals surface area (Å²) >= 11 is 6.04. The van der Waals surface area contributed by atoms with Gasteiger partial charge in [-0.3, -0.25) is 0 Å². The Labute approximate surface area is 106 Å². The molecule has 1 aromatic rings. The molecule has 1 aliphatic carbocycles. The van der Waals surface area contributed by atoms with E-state index in [0.717, 1.165) is 25.8 Å². The van der Waals surface area contributed by atoms with Crippen molar-refractivity contribution in [2.75, 3.05) is 23.8 Å². The van der Waals surface area contributed by atoms with Gasteiger partial charge in [-0.2, -0.15) is 4.98 Å². The van der Waals surface area contributed by atoms with Crippen LogP contribution in [0.25, 0.3) is 0 Å². The number of aromatic nitrogens is 2. The van der Waals surface area contributed by atoms with Crippen LogP contribution in [-0.4, -0.2) is 33.8 Å². The smallest absolute Gasteiger partial charge is 0.224 e. The van der Waals surface area contributed by atoms with E-state index in [1.807, 2.05) is 6.92 Å². The Hall–Kier alpha value is -1.07. The number of halogens is 1. The second kappa shape index (κ2) is 5.06. The summed E-state index contributed by atoms with van der Waals surface area (Å²) in [5.74, 6) is 1.14. The van der Waals surface area contributed by atoms with E-state index in [4.69, 9.17) is 11.6 Å². The molecule has 3 N–H and O–H groups in total. The molecule has 1 saturated carbocycles. The lowest BCUT2D eigenvalue weighted by Gasteiger charge is -2.41. The van der Waals surface area contributed by atoms with Gasteiger partial charge < -0.3 is 15.7 Å². The number of hydrogen-bond acceptors (Lipinski definition) is 5. The van der Waals surface area contributed by atoms with E-state index in [1.54, 1.807) is 6.20 Å². The van der Waals surface area contributed by atoms with Crippen LogP contribution in [0.1, 0.15) is 26.2 Å². The fourth-order valence-electron chi connectivity index (χ4n) is 1.88. The zero-order valence-electron chi connectivity index (χ0n) is 9.83. The van der Waals surface area contributed by atoms with Crippen molar-refractivity contribution >= 4 is 23.4 Å². The van der Waals surface area contributed by atoms with Crippen molar-refractivity contribution < 1.29 is 5.11 Å². The first-order valence-corrected chi connectivity index (χ1v) is 6.22. The third kappa shape index (κ3) is 2.61. The lowest BCUT2D eigenvalue weighted by Crippen LogP contribution is -2.48. The lowest BCUT2D eigenvalue weighted by atomic mass is 9.77. The van der Waals surface area contributed by atoms with Crippen molar-refractivity contribution in [2.24, 2.45) is 0 Å². The van der Waals surface area contributed by atoms with Crippen molar-refractivity contribution in [3.8, 4) is 0 Å². The molecule has 1 fully saturated rings. The minimum atomic E-state index is -0.249. The van der Waals surface area contributed by atoms with Crippen LogP contribution in [-0.2, 0) is 0 Å². The number of nitrogens with one attached hydrogen (secondary N) is 2. The van der Waals surface area contributed by atoms with E-state index >= 15 is 0 Å². The predicted octanol–water partition coefficient (Wildman–Crippen LogP) is 1.89. The molecule has 94 valence electrons. The van der Waals surface area contributed by atoms with Crippen LogP contribution in [0, 0.1) is 0 Å². The third-order valence-electron chi connectivity index (χ3n) is 3.08. The standard InChI is InChI=1S/C11H17ClN4O/c1-2-13-10-14-6-8(12)9(15-10)16-11(7-17)4-3-5-11/h6,17H,2-5,7H2,1H3,(H2,13,14,15,16). The largest absolute Gasteiger partial charge is 0.394 e. The molecule has 1 aromatic heterocycles. The number of rotatable bonds is 5. The molecular weight excluding hydrogens is 240 g/mol. The quantitative estimate of drug-likeness (QED) is 0.751. The molecule has 17 heavy (non-hydrogen) atoms. The second-order valence-corrected chi connectivity index (χ2v) is 4.74. The summed E-state index contributed by atoms with van der Waals surface area (Å²) in [7, 11) is 0. The highest BCUT2D eigenvalue weighted by atomic mass is 35.5. The molecule has 0 unspecified atom stereocenters. The van der Waals surface area contributed by atoms with Crippen molar-refractivity contribution in [1.29, 1.82) is 0 Å². The van der Waals surface area contributed by atoms with Crippen molar-refractivity contribution in [3.05, 3.63) is 11.2 Å². The second-order valence-electron chi connectivity index (χ2n) is 4.34. The normalized spacial score (nSPS) is 17.4. The highest BCUT2D eigenvalue weighted by Crippen LogP contribution is 2.36. The van der Waals surface area contributed by atoms with Gasteiger partial charge in [0, 0.05) is 6.54 Å². The van der Waals surface area contributed by atoms with Gasteiger partial charge in [0.25, 0.3) is 0 Å². The number of aliphatic hydroxyl groups excluding tert-OH is 1. The van der Waals surface area contributed by atoms with E-state index < -0.39 is 0 Å². The summed E-state index contributed by atoms with van der Waals surface area (Å²) < 4.78 is 0. The molecule has 0 spiro atoms. The van der Waals surface area contributed by atoms with Gasteiger partial charge in [0.15, 0.2) is 5.82 Å². The average molecular weight is 257 g/mol. The Morgan fingerprint density at radius 3 is 2.82 bits per heavy atom. The first-order chi connectivity index (χ1) is 8.19. The molecule has 5 nitrogen and oxygen atoms in total. The maximum absolute atomic E-state index is 9.40. The first kappa shape index (κ1) is 12.4. The summed E-state index contributed by atoms with van der Waals surface area (Å²) in [5.41, 5.74) is -0.249. The molecule has 2 rings (SSSR count). The molecule has 0 saturated heterocycles. The molecule has 0 bridgehead atoms. The van der Waals surface area contributed by atoms with Crippen LogP contribution in [0.5, 0.6) is 0 Å². The summed E-state index contributed by atoms with van der Waals surface area (Å²) in [6.07, 6.45) is 4.58. The van der Waals surface area contributed by atoms with Gasteiger partial charge in [-0.25, -0.2) is 4.98 Å². The Morgan fingerprint density at radius 2 is 2.29 bits per heavy atom. The summed E-state index contributed by atoms with van der Waals surface area (Å²) in [6.45, 7) is 2.84. The maximum Gasteiger partial charge on any atom is 0.224 e. The van der Waals surface area contributed by atoms with Crippen molar-refractivity contribution in [2.45, 2.75) is 31.7 Å². The number of nitrogens with zero attached hydrogens (tertiary/aromatic N) is 2. The van der Waals surface area contributed by atoms with Crippen LogP contribution in [0.2, 0.25) is 5.02 Å². The lowest BCUT2D eigenvalue weighted by molar-refractivity contribution is 0.144. The molecule has 6 heteroatoms. The zero-order valence-corrected chi connectivity index (χ0v) is 10.6. The van der Waals surface area contributed by atoms with Crippen LogP contribution >= 0.6 is 11.6 Å². The monoisotopic (exact) mass is 256 g/mol. The Balaban J connectivity index is 2.16. The van der Waals surface area contributed by atoms with Crippen LogP contribution < -0.4 is 10.6 Å². The fourth-order valence-corrected chi connectivity index (χ4v) is 2.01. The topological polar surface area (TPSA) is 70.1 Å². The zero-order chi connectivity index (χ0) is 12.3. The van der Waals surface area contributed by atoms with Gasteiger partial charge in [0.2, 0.25) is 5.95 Å². The first-order valence-electron chi connectivity index (χ1n) is 5.84. The Morgan fingerprint density at radius 1 is 1.53 bits per heavy atom. The highest BCUT2D eigenvalue weighted by Gasteiger charge is 2.37. The third-order valence-corrected chi connectivity index (χ3v) is 3.35. The predicted molar refractivity (Wildman–Crippen MR) is 68.5 cm³/mol. The van der Waals surface area contributed by atoms with Gasteiger partial charge in [-0.05, 0) is 26.2 Å². The summed E-state index contributed by atoms with van der Waals surface area (Å²) in [5, 5.41) is 16.1. The van der Waals surface area contributed by atoms with Crippen LogP contribution in [0.15, 0.2) is 6.20 Å². The van der Waals surface area contributed by atoms with Gasteiger partial charge in [-0.1, -0.05) is 11.6 Å². The minimum absolute atomic E-state index is 0.101. The molecule has 0 amide bonds. The minimum Gasteiger partial charge on any atom is -0.394 e. The SMILES string of the molecule is CCNc1ncc(Cl)c(NC2(CO)CCC2)n1. The van der Waals surface area contributed by atoms with E-state index in [-0.39, 0.29) is 12.1 Å². The van der Waals surface area contributed by atoms with Crippen molar-refractivity contribution in [1.82, 2.24) is 9.97 Å². The van der Waals surface area contributed by atoms with Crippen molar-refractivity contribution in [3.63, 3.8) is 0 Å². The molecule has 0 radical (unpaired) electrons. The Kier molecular flexibility index (Phi) is 3.69. The fraction of sp³-hybridized carbons (Fsp3) is 0.636. The van der Waals surface area contributed by atoms with Gasteiger partial charge >= 0.3 is 0 Å². The molecule has 0 atom stereocenters. The number of anilines is 2. The van der Waals surface area contributed by atoms with E-state index in [1.165, 1.54) is 0 Å². The summed E-state index contributed by atoms with van der Waals surface area (Å²) in [6, 6.07) is 0. The van der Waals surface area contributed by atoms with Gasteiger partial charge in [-0.15, -0.1) is 0 Å². The number of hydrogen-bond donors (Lipinski definition) is 3. The van der Waals surface area contributed by atoms with Crippen LogP contribution in [0.4, 0.5) is 11.8 Å². The maximum atomic E-state index is 9.40. The summed E-state index contributed by atoms with van der Waals surface area (Å²) in [4.78, 5) is 8.37. The molecule has 0 aliphatic heterocycles.